The molecule has 0 atom stereocenters. The van der Waals surface area contributed by atoms with Gasteiger partial charge in [-0.1, -0.05) is 0 Å². The minimum absolute atomic E-state index is 0.878. The number of pyridine rings is 2. The summed E-state index contributed by atoms with van der Waals surface area (Å²) in [5, 5.41) is 2.25. The fourth-order valence-corrected chi connectivity index (χ4v) is 1.99. The number of benzene rings is 1. The van der Waals surface area contributed by atoms with Gasteiger partial charge in [0, 0.05) is 0 Å². The third-order valence-corrected chi connectivity index (χ3v) is 2.81. The van der Waals surface area contributed by atoms with Crippen LogP contribution in [-0.2, 0) is 19.2 Å². The van der Waals surface area contributed by atoms with Crippen LogP contribution in [0.2, 0.25) is 0 Å². The summed E-state index contributed by atoms with van der Waals surface area (Å²) < 4.78 is 0.878. The van der Waals surface area contributed by atoms with Crippen molar-refractivity contribution in [3.8, 4) is 0 Å². The van der Waals surface area contributed by atoms with E-state index in [1.54, 1.807) is 6.20 Å². The second-order valence-corrected chi connectivity index (χ2v) is 4.11. The Balaban J connectivity index is 2.57. The predicted molar refractivity (Wildman–Crippen MR) is 56.7 cm³/mol. The van der Waals surface area contributed by atoms with Gasteiger partial charge in [0.25, 0.3) is 0 Å². The second kappa shape index (κ2) is 3.38. The third-order valence-electron chi connectivity index (χ3n) is 2.38. The standard InChI is InChI=1S/C12H7N2.Pd/c1-3-9-5-6-10-4-2-8-14-12(10)11(9)13-7-1;/h1-7H;. The number of hydrogen-bond acceptors (Lipinski definition) is 2. The van der Waals surface area contributed by atoms with Crippen LogP contribution in [0.4, 0.5) is 0 Å². The van der Waals surface area contributed by atoms with Gasteiger partial charge in [-0.2, -0.15) is 0 Å². The van der Waals surface area contributed by atoms with Crippen LogP contribution in [0.25, 0.3) is 21.8 Å². The summed E-state index contributed by atoms with van der Waals surface area (Å²) in [6, 6.07) is 12.1. The van der Waals surface area contributed by atoms with Crippen molar-refractivity contribution >= 4 is 26.0 Å². The molecule has 3 heteroatoms. The van der Waals surface area contributed by atoms with Gasteiger partial charge in [-0.05, 0) is 0 Å². The van der Waals surface area contributed by atoms with E-state index in [0.717, 1.165) is 26.0 Å². The van der Waals surface area contributed by atoms with Crippen molar-refractivity contribution < 1.29 is 19.2 Å². The van der Waals surface area contributed by atoms with Gasteiger partial charge in [0.2, 0.25) is 0 Å². The molecule has 75 valence electrons. The first-order valence-corrected chi connectivity index (χ1v) is 5.39. The molecule has 0 saturated carbocycles. The van der Waals surface area contributed by atoms with Gasteiger partial charge in [0.05, 0.1) is 0 Å². The molecule has 0 bridgehead atoms. The zero-order valence-electron chi connectivity index (χ0n) is 7.75. The van der Waals surface area contributed by atoms with E-state index in [9.17, 15) is 0 Å². The van der Waals surface area contributed by atoms with Gasteiger partial charge in [0.15, 0.2) is 0 Å². The fraction of sp³-hybridized carbons (Fsp3) is 0. The molecule has 0 aliphatic carbocycles. The van der Waals surface area contributed by atoms with Gasteiger partial charge >= 0.3 is 97.7 Å². The molecule has 15 heavy (non-hydrogen) atoms. The Kier molecular flexibility index (Phi) is 2.02. The first-order valence-electron chi connectivity index (χ1n) is 4.61. The zero-order valence-corrected chi connectivity index (χ0v) is 9.31. The van der Waals surface area contributed by atoms with E-state index >= 15 is 0 Å². The van der Waals surface area contributed by atoms with Crippen molar-refractivity contribution in [2.75, 3.05) is 0 Å². The van der Waals surface area contributed by atoms with E-state index in [-0.39, 0.29) is 0 Å². The van der Waals surface area contributed by atoms with E-state index in [2.05, 4.69) is 47.4 Å². The average molecular weight is 286 g/mol. The summed E-state index contributed by atoms with van der Waals surface area (Å²) in [6.07, 6.45) is 1.80. The van der Waals surface area contributed by atoms with Crippen LogP contribution < -0.4 is 4.17 Å². The van der Waals surface area contributed by atoms with Gasteiger partial charge in [0.1, 0.15) is 0 Å². The Morgan fingerprint density at radius 2 is 1.60 bits per heavy atom. The maximum absolute atomic E-state index is 4.47. The van der Waals surface area contributed by atoms with Crippen molar-refractivity contribution in [3.05, 3.63) is 42.6 Å². The molecule has 3 rings (SSSR count). The molecule has 0 unspecified atom stereocenters. The van der Waals surface area contributed by atoms with Gasteiger partial charge in [-0.15, -0.1) is 0 Å². The van der Waals surface area contributed by atoms with E-state index < -0.39 is 0 Å². The molecule has 0 saturated heterocycles. The van der Waals surface area contributed by atoms with Crippen LogP contribution in [0, 0.1) is 0 Å². The summed E-state index contributed by atoms with van der Waals surface area (Å²) in [6.45, 7) is 0. The predicted octanol–water partition coefficient (Wildman–Crippen LogP) is 1.96. The Morgan fingerprint density at radius 1 is 0.867 bits per heavy atom. The topological polar surface area (TPSA) is 25.8 Å². The molecule has 0 fully saturated rings. The average Bonchev–Trinajstić information content (AvgIpc) is 2.29. The first kappa shape index (κ1) is 8.97. The van der Waals surface area contributed by atoms with Crippen LogP contribution in [-0.4, -0.2) is 9.97 Å². The Morgan fingerprint density at radius 3 is 2.47 bits per heavy atom. The molecule has 2 heterocycles. The summed E-state index contributed by atoms with van der Waals surface area (Å²) >= 11 is 3.10. The van der Waals surface area contributed by atoms with Crippen LogP contribution in [0.15, 0.2) is 42.6 Å². The summed E-state index contributed by atoms with van der Waals surface area (Å²) in [5.74, 6) is 0. The maximum atomic E-state index is 4.47. The van der Waals surface area contributed by atoms with Crippen molar-refractivity contribution in [2.45, 2.75) is 0 Å². The van der Waals surface area contributed by atoms with E-state index in [1.165, 1.54) is 0 Å². The molecule has 3 aromatic rings. The number of nitrogens with zero attached hydrogens (tertiary/aromatic N) is 2. The van der Waals surface area contributed by atoms with Gasteiger partial charge in [-0.25, -0.2) is 0 Å². The van der Waals surface area contributed by atoms with Crippen LogP contribution in [0.3, 0.4) is 0 Å². The first-order chi connectivity index (χ1) is 7.34. The van der Waals surface area contributed by atoms with Crippen LogP contribution in [0.5, 0.6) is 0 Å². The van der Waals surface area contributed by atoms with E-state index in [0.29, 0.717) is 0 Å². The fourth-order valence-electron chi connectivity index (χ4n) is 1.69. The van der Waals surface area contributed by atoms with Gasteiger partial charge in [-0.3, -0.25) is 0 Å². The summed E-state index contributed by atoms with van der Waals surface area (Å²) in [7, 11) is 0. The Labute approximate surface area is 97.8 Å². The molecule has 1 aromatic carbocycles. The molecule has 0 aliphatic rings. The normalized spacial score (nSPS) is 11.1. The van der Waals surface area contributed by atoms with E-state index in [1.807, 2.05) is 18.2 Å². The van der Waals surface area contributed by atoms with Crippen LogP contribution >= 0.6 is 0 Å². The molecular formula is C12H7N2Pd. The molecule has 0 amide bonds. The third kappa shape index (κ3) is 1.45. The van der Waals surface area contributed by atoms with Crippen molar-refractivity contribution in [1.82, 2.24) is 9.97 Å². The minimum atomic E-state index is 0.878. The molecular weight excluding hydrogens is 279 g/mol. The second-order valence-electron chi connectivity index (χ2n) is 3.31. The molecule has 0 aliphatic heterocycles. The van der Waals surface area contributed by atoms with Crippen molar-refractivity contribution in [1.29, 1.82) is 0 Å². The zero-order chi connectivity index (χ0) is 10.3. The monoisotopic (exact) mass is 285 g/mol. The molecule has 2 nitrogen and oxygen atoms in total. The van der Waals surface area contributed by atoms with Crippen LogP contribution in [0.1, 0.15) is 0 Å². The van der Waals surface area contributed by atoms with E-state index in [4.69, 9.17) is 0 Å². The molecule has 0 spiro atoms. The number of aromatic nitrogens is 2. The SMILES string of the molecule is [Pd][c]1ccc2ccc3cccnc3c2n1. The van der Waals surface area contributed by atoms with Crippen molar-refractivity contribution in [3.63, 3.8) is 0 Å². The summed E-state index contributed by atoms with van der Waals surface area (Å²) in [4.78, 5) is 8.85. The number of rotatable bonds is 0. The van der Waals surface area contributed by atoms with Gasteiger partial charge < -0.3 is 0 Å². The van der Waals surface area contributed by atoms with Crippen molar-refractivity contribution in [2.24, 2.45) is 0 Å². The molecule has 0 radical (unpaired) electrons. The number of fused-ring (bicyclic) bond motifs is 3. The number of hydrogen-bond donors (Lipinski definition) is 0. The molecule has 0 N–H and O–H groups in total. The Hall–Kier alpha value is -1.30. The summed E-state index contributed by atoms with van der Waals surface area (Å²) in [5.41, 5.74) is 1.92. The molecule has 2 aromatic heterocycles. The Bertz CT molecular complexity index is 649. The quantitative estimate of drug-likeness (QED) is 0.466.